The van der Waals surface area contributed by atoms with Crippen molar-refractivity contribution in [2.45, 2.75) is 19.3 Å². The first-order valence-corrected chi connectivity index (χ1v) is 19.3. The van der Waals surface area contributed by atoms with Gasteiger partial charge >= 0.3 is 0 Å². The highest BCUT2D eigenvalue weighted by Crippen LogP contribution is 2.51. The van der Waals surface area contributed by atoms with Crippen molar-refractivity contribution in [2.75, 3.05) is 0 Å². The minimum atomic E-state index is -0.150. The fourth-order valence-electron chi connectivity index (χ4n) is 9.31. The van der Waals surface area contributed by atoms with Crippen molar-refractivity contribution in [3.05, 3.63) is 205 Å². The average Bonchev–Trinajstić information content (AvgIpc) is 3.47. The molecule has 0 aliphatic heterocycles. The van der Waals surface area contributed by atoms with Gasteiger partial charge in [-0.1, -0.05) is 166 Å². The molecule has 0 saturated carbocycles. The fraction of sp³-hybridized carbons (Fsp3) is 0.0545. The van der Waals surface area contributed by atoms with Gasteiger partial charge in [-0.2, -0.15) is 0 Å². The van der Waals surface area contributed by atoms with Crippen LogP contribution in [0.3, 0.4) is 0 Å². The third-order valence-corrected chi connectivity index (χ3v) is 12.2. The van der Waals surface area contributed by atoms with Crippen molar-refractivity contribution in [3.63, 3.8) is 0 Å². The highest BCUT2D eigenvalue weighted by molar-refractivity contribution is 6.21. The topological polar surface area (TPSA) is 0 Å². The van der Waals surface area contributed by atoms with E-state index in [-0.39, 0.29) is 5.41 Å². The molecule has 0 fully saturated rings. The van der Waals surface area contributed by atoms with Crippen LogP contribution in [0.15, 0.2) is 194 Å². The molecule has 10 aromatic carbocycles. The van der Waals surface area contributed by atoms with Gasteiger partial charge in [-0.25, -0.2) is 0 Å². The molecule has 10 aromatic rings. The van der Waals surface area contributed by atoms with Crippen LogP contribution in [-0.2, 0) is 5.41 Å². The highest BCUT2D eigenvalue weighted by atomic mass is 14.4. The summed E-state index contributed by atoms with van der Waals surface area (Å²) in [5, 5.41) is 10.2. The van der Waals surface area contributed by atoms with E-state index in [0.717, 1.165) is 0 Å². The molecule has 0 nitrogen and oxygen atoms in total. The summed E-state index contributed by atoms with van der Waals surface area (Å²) in [5.41, 5.74) is 15.2. The van der Waals surface area contributed by atoms with E-state index < -0.39 is 0 Å². The molecule has 1 aliphatic rings. The smallest absolute Gasteiger partial charge is 0.0159 e. The third-order valence-electron chi connectivity index (χ3n) is 12.2. The van der Waals surface area contributed by atoms with E-state index in [1.54, 1.807) is 0 Å². The Morgan fingerprint density at radius 1 is 0.255 bits per heavy atom. The molecule has 0 aromatic heterocycles. The summed E-state index contributed by atoms with van der Waals surface area (Å²) >= 11 is 0. The van der Waals surface area contributed by atoms with E-state index in [9.17, 15) is 0 Å². The molecule has 0 spiro atoms. The summed E-state index contributed by atoms with van der Waals surface area (Å²) < 4.78 is 0. The van der Waals surface area contributed by atoms with E-state index in [0.29, 0.717) is 0 Å². The number of fused-ring (bicyclic) bond motifs is 9. The van der Waals surface area contributed by atoms with Crippen molar-refractivity contribution in [3.8, 4) is 55.6 Å². The number of hydrogen-bond acceptors (Lipinski definition) is 0. The van der Waals surface area contributed by atoms with Gasteiger partial charge in [-0.05, 0) is 152 Å². The second-order valence-corrected chi connectivity index (χ2v) is 15.7. The highest BCUT2D eigenvalue weighted by Gasteiger charge is 2.36. The zero-order chi connectivity index (χ0) is 36.7. The Balaban J connectivity index is 1.08. The van der Waals surface area contributed by atoms with Gasteiger partial charge in [0.25, 0.3) is 0 Å². The molecule has 0 bridgehead atoms. The molecular formula is C55H38. The number of rotatable bonds is 4. The molecule has 0 saturated heterocycles. The lowest BCUT2D eigenvalue weighted by molar-refractivity contribution is 0.661. The van der Waals surface area contributed by atoms with Crippen molar-refractivity contribution >= 4 is 43.1 Å². The maximum absolute atomic E-state index is 2.46. The lowest BCUT2D eigenvalue weighted by Gasteiger charge is -2.23. The Bertz CT molecular complexity index is 3160. The lowest BCUT2D eigenvalue weighted by Crippen LogP contribution is -2.15. The van der Waals surface area contributed by atoms with Crippen LogP contribution in [0, 0.1) is 0 Å². The molecule has 0 N–H and O–H groups in total. The molecule has 0 heterocycles. The minimum Gasteiger partial charge on any atom is -0.0622 e. The van der Waals surface area contributed by atoms with E-state index in [4.69, 9.17) is 0 Å². The molecule has 0 atom stereocenters. The van der Waals surface area contributed by atoms with Crippen LogP contribution in [0.4, 0.5) is 0 Å². The summed E-state index contributed by atoms with van der Waals surface area (Å²) in [7, 11) is 0. The summed E-state index contributed by atoms with van der Waals surface area (Å²) in [5.74, 6) is 0. The minimum absolute atomic E-state index is 0.150. The number of benzene rings is 10. The fourth-order valence-corrected chi connectivity index (χ4v) is 9.31. The van der Waals surface area contributed by atoms with Crippen LogP contribution >= 0.6 is 0 Å². The zero-order valence-electron chi connectivity index (χ0n) is 31.0. The van der Waals surface area contributed by atoms with Gasteiger partial charge in [-0.15, -0.1) is 0 Å². The van der Waals surface area contributed by atoms with Gasteiger partial charge in [0.05, 0.1) is 0 Å². The summed E-state index contributed by atoms with van der Waals surface area (Å²) in [6.45, 7) is 4.78. The quantitative estimate of drug-likeness (QED) is 0.161. The van der Waals surface area contributed by atoms with Crippen molar-refractivity contribution in [1.82, 2.24) is 0 Å². The number of hydrogen-bond donors (Lipinski definition) is 0. The van der Waals surface area contributed by atoms with Crippen LogP contribution in [-0.4, -0.2) is 0 Å². The van der Waals surface area contributed by atoms with Crippen LogP contribution in [0.25, 0.3) is 98.7 Å². The SMILES string of the molecule is CC1(C)c2cc(-c3cc(-c4ccccc4)cc(-c4cc5c6ccccc6ccc5c5ccccc45)c3)ccc2-c2ccc(-c3ccc4ccccc4c3)cc21. The third kappa shape index (κ3) is 5.06. The van der Waals surface area contributed by atoms with Gasteiger partial charge in [0, 0.05) is 5.41 Å². The lowest BCUT2D eigenvalue weighted by atomic mass is 9.80. The molecule has 0 amide bonds. The molecule has 0 heteroatoms. The van der Waals surface area contributed by atoms with Gasteiger partial charge in [0.15, 0.2) is 0 Å². The van der Waals surface area contributed by atoms with Crippen LogP contribution in [0.1, 0.15) is 25.0 Å². The zero-order valence-corrected chi connectivity index (χ0v) is 31.0. The summed E-state index contributed by atoms with van der Waals surface area (Å²) in [6, 6.07) is 72.4. The van der Waals surface area contributed by atoms with E-state index in [2.05, 4.69) is 208 Å². The maximum Gasteiger partial charge on any atom is 0.0159 e. The van der Waals surface area contributed by atoms with Crippen LogP contribution < -0.4 is 0 Å². The molecule has 0 unspecified atom stereocenters. The molecule has 55 heavy (non-hydrogen) atoms. The Morgan fingerprint density at radius 2 is 0.764 bits per heavy atom. The largest absolute Gasteiger partial charge is 0.0622 e. The predicted molar refractivity (Wildman–Crippen MR) is 236 cm³/mol. The Morgan fingerprint density at radius 3 is 1.51 bits per heavy atom. The standard InChI is InChI=1S/C55H38/c1-55(2)53-32-40(39-21-20-36-14-6-7-16-38(36)28-39)23-26-49(53)50-27-24-41(33-54(50)55)43-29-42(35-12-4-3-5-13-35)30-44(31-43)51-34-52-45-17-9-8-15-37(45)22-25-48(52)46-18-10-11-19-47(46)51/h3-34H,1-2H3. The molecule has 1 aliphatic carbocycles. The van der Waals surface area contributed by atoms with Crippen LogP contribution in [0.5, 0.6) is 0 Å². The van der Waals surface area contributed by atoms with Gasteiger partial charge in [-0.3, -0.25) is 0 Å². The molecule has 0 radical (unpaired) electrons. The van der Waals surface area contributed by atoms with Crippen LogP contribution in [0.2, 0.25) is 0 Å². The first-order valence-electron chi connectivity index (χ1n) is 19.3. The summed E-state index contributed by atoms with van der Waals surface area (Å²) in [4.78, 5) is 0. The first-order chi connectivity index (χ1) is 27.0. The predicted octanol–water partition coefficient (Wildman–Crippen LogP) is 15.3. The second kappa shape index (κ2) is 12.1. The molecular weight excluding hydrogens is 661 g/mol. The Kier molecular flexibility index (Phi) is 7.00. The van der Waals surface area contributed by atoms with Gasteiger partial charge in [0.2, 0.25) is 0 Å². The van der Waals surface area contributed by atoms with Crippen molar-refractivity contribution in [1.29, 1.82) is 0 Å². The maximum atomic E-state index is 2.46. The molecule has 11 rings (SSSR count). The van der Waals surface area contributed by atoms with Gasteiger partial charge < -0.3 is 0 Å². The van der Waals surface area contributed by atoms with Crippen molar-refractivity contribution < 1.29 is 0 Å². The monoisotopic (exact) mass is 698 g/mol. The Hall–Kier alpha value is -6.76. The Labute approximate surface area is 322 Å². The van der Waals surface area contributed by atoms with E-state index in [1.165, 1.54) is 110 Å². The van der Waals surface area contributed by atoms with Crippen molar-refractivity contribution in [2.24, 2.45) is 0 Å². The van der Waals surface area contributed by atoms with E-state index >= 15 is 0 Å². The normalized spacial score (nSPS) is 13.1. The average molecular weight is 699 g/mol. The molecule has 258 valence electrons. The summed E-state index contributed by atoms with van der Waals surface area (Å²) in [6.07, 6.45) is 0. The van der Waals surface area contributed by atoms with E-state index in [1.807, 2.05) is 0 Å². The first kappa shape index (κ1) is 31.7. The second-order valence-electron chi connectivity index (χ2n) is 15.7. The van der Waals surface area contributed by atoms with Gasteiger partial charge in [0.1, 0.15) is 0 Å².